The van der Waals surface area contributed by atoms with Gasteiger partial charge in [0.05, 0.1) is 39.2 Å². The van der Waals surface area contributed by atoms with Crippen LogP contribution < -0.4 is 24.0 Å². The fourth-order valence-corrected chi connectivity index (χ4v) is 4.54. The fraction of sp³-hybridized carbons (Fsp3) is 0.636. The maximum atomic E-state index is 13.3. The van der Waals surface area contributed by atoms with Gasteiger partial charge in [-0.1, -0.05) is 37.1 Å². The van der Waals surface area contributed by atoms with Crippen molar-refractivity contribution < 1.29 is 38.0 Å². The van der Waals surface area contributed by atoms with Crippen molar-refractivity contribution in [1.82, 2.24) is 0 Å². The lowest BCUT2D eigenvalue weighted by Gasteiger charge is -2.39. The number of nitrogens with zero attached hydrogens (tertiary/aromatic N) is 2. The van der Waals surface area contributed by atoms with Crippen LogP contribution in [0.4, 0.5) is 5.69 Å². The molecule has 0 aromatic heterocycles. The minimum absolute atomic E-state index is 0. The van der Waals surface area contributed by atoms with Crippen LogP contribution in [0.3, 0.4) is 0 Å². The number of hydrogen-bond acceptors (Lipinski definition) is 2. The molecule has 0 radical (unpaired) electrons. The monoisotopic (exact) mass is 482 g/mol. The Morgan fingerprint density at radius 2 is 1.67 bits per heavy atom. The minimum Gasteiger partial charge on any atom is -1.00 e. The second-order valence-corrected chi connectivity index (χ2v) is 8.83. The second kappa shape index (κ2) is 8.91. The second-order valence-electron chi connectivity index (χ2n) is 8.83. The minimum atomic E-state index is -0.612. The Kier molecular flexibility index (Phi) is 7.32. The normalized spacial score (nSPS) is 22.3. The number of hydrogen-bond donors (Lipinski definition) is 0. The number of quaternary nitrogens is 1. The topological polar surface area (TPSA) is 30.7 Å². The first-order valence-corrected chi connectivity index (χ1v) is 9.86. The van der Waals surface area contributed by atoms with Gasteiger partial charge in [0.2, 0.25) is 0 Å². The molecule has 4 nitrogen and oxygen atoms in total. The van der Waals surface area contributed by atoms with Gasteiger partial charge in [0, 0.05) is 12.8 Å². The molecule has 1 atom stereocenters. The molecular formula is C22H31IN2O2. The number of halogens is 1. The highest BCUT2D eigenvalue weighted by Gasteiger charge is 2.46. The summed E-state index contributed by atoms with van der Waals surface area (Å²) in [6.07, 6.45) is 6.43. The summed E-state index contributed by atoms with van der Waals surface area (Å²) in [7, 11) is 4.47. The van der Waals surface area contributed by atoms with E-state index in [1.165, 1.54) is 12.8 Å². The van der Waals surface area contributed by atoms with Crippen molar-refractivity contribution >= 4 is 11.7 Å². The molecule has 1 unspecified atom stereocenters. The molecule has 148 valence electrons. The van der Waals surface area contributed by atoms with Gasteiger partial charge in [-0.2, -0.15) is 0 Å². The number of benzene rings is 1. The third-order valence-electron chi connectivity index (χ3n) is 6.58. The average Bonchev–Trinajstić information content (AvgIpc) is 3.18. The summed E-state index contributed by atoms with van der Waals surface area (Å²) in [5.41, 5.74) is 0.996. The number of likely N-dealkylation sites (tertiary alicyclic amines) is 1. The molecule has 1 heterocycles. The van der Waals surface area contributed by atoms with E-state index >= 15 is 0 Å². The summed E-state index contributed by atoms with van der Waals surface area (Å²) in [4.78, 5) is 16.8. The van der Waals surface area contributed by atoms with E-state index in [-0.39, 0.29) is 36.0 Å². The highest BCUT2D eigenvalue weighted by atomic mass is 127. The highest BCUT2D eigenvalue weighted by Crippen LogP contribution is 2.44. The molecule has 0 amide bonds. The van der Waals surface area contributed by atoms with Gasteiger partial charge in [0.15, 0.2) is 5.69 Å². The molecule has 1 aromatic carbocycles. The van der Waals surface area contributed by atoms with Crippen LogP contribution in [-0.2, 0) is 14.9 Å². The number of carbonyl (C=O) groups excluding carboxylic acids is 1. The van der Waals surface area contributed by atoms with Crippen molar-refractivity contribution in [2.75, 3.05) is 27.2 Å². The fourth-order valence-electron chi connectivity index (χ4n) is 4.54. The quantitative estimate of drug-likeness (QED) is 0.282. The van der Waals surface area contributed by atoms with Gasteiger partial charge in [0.1, 0.15) is 6.10 Å². The summed E-state index contributed by atoms with van der Waals surface area (Å²) in [6.45, 7) is 11.3. The van der Waals surface area contributed by atoms with Crippen LogP contribution in [0.25, 0.3) is 4.85 Å². The Hall–Kier alpha value is -1.13. The smallest absolute Gasteiger partial charge is 0.316 e. The molecule has 1 aliphatic carbocycles. The Morgan fingerprint density at radius 3 is 2.19 bits per heavy atom. The summed E-state index contributed by atoms with van der Waals surface area (Å²) in [5.74, 6) is 0.252. The molecule has 3 rings (SSSR count). The summed E-state index contributed by atoms with van der Waals surface area (Å²) in [5, 5.41) is 0. The van der Waals surface area contributed by atoms with Crippen LogP contribution in [0.2, 0.25) is 0 Å². The van der Waals surface area contributed by atoms with Crippen LogP contribution in [0, 0.1) is 12.5 Å². The van der Waals surface area contributed by atoms with Crippen LogP contribution in [0.5, 0.6) is 0 Å². The van der Waals surface area contributed by atoms with Crippen molar-refractivity contribution in [3.05, 3.63) is 41.2 Å². The Balaban J connectivity index is 0.00000261. The third kappa shape index (κ3) is 4.83. The van der Waals surface area contributed by atoms with Crippen molar-refractivity contribution in [3.63, 3.8) is 0 Å². The van der Waals surface area contributed by atoms with Crippen LogP contribution in [-0.4, -0.2) is 43.7 Å². The zero-order valence-electron chi connectivity index (χ0n) is 16.7. The van der Waals surface area contributed by atoms with Crippen LogP contribution >= 0.6 is 0 Å². The van der Waals surface area contributed by atoms with E-state index in [0.717, 1.165) is 48.8 Å². The summed E-state index contributed by atoms with van der Waals surface area (Å²) >= 11 is 0. The standard InChI is InChI=1S/C22H31N2O2.HI/c1-22(17-7-5-6-8-17,18-9-11-19(23-2)12-10-18)21(25)26-20-13-15-24(3,4)16-14-20;/h9-12,17,20H,5-8,13-16H2,1,3-4H3;1H/q+1;/p-1. The predicted molar refractivity (Wildman–Crippen MR) is 103 cm³/mol. The predicted octanol–water partition coefficient (Wildman–Crippen LogP) is 1.47. The van der Waals surface area contributed by atoms with Crippen LogP contribution in [0.15, 0.2) is 24.3 Å². The first kappa shape index (κ1) is 22.2. The van der Waals surface area contributed by atoms with E-state index in [4.69, 9.17) is 11.3 Å². The van der Waals surface area contributed by atoms with Gasteiger partial charge in [-0.25, -0.2) is 4.85 Å². The maximum absolute atomic E-state index is 13.3. The first-order chi connectivity index (χ1) is 12.3. The number of esters is 1. The zero-order valence-corrected chi connectivity index (χ0v) is 18.9. The number of rotatable bonds is 4. The van der Waals surface area contributed by atoms with E-state index in [0.29, 0.717) is 11.6 Å². The first-order valence-electron chi connectivity index (χ1n) is 9.86. The van der Waals surface area contributed by atoms with E-state index in [2.05, 4.69) is 25.9 Å². The molecule has 1 saturated carbocycles. The van der Waals surface area contributed by atoms with E-state index in [1.54, 1.807) is 0 Å². The number of carbonyl (C=O) groups is 1. The number of piperidine rings is 1. The lowest BCUT2D eigenvalue weighted by atomic mass is 9.70. The van der Waals surface area contributed by atoms with E-state index < -0.39 is 5.41 Å². The van der Waals surface area contributed by atoms with Crippen molar-refractivity contribution in [2.45, 2.75) is 57.0 Å². The molecule has 2 fully saturated rings. The third-order valence-corrected chi connectivity index (χ3v) is 6.58. The number of ether oxygens (including phenoxy) is 1. The molecule has 0 spiro atoms. The van der Waals surface area contributed by atoms with Gasteiger partial charge >= 0.3 is 5.97 Å². The average molecular weight is 482 g/mol. The molecular weight excluding hydrogens is 451 g/mol. The van der Waals surface area contributed by atoms with Crippen LogP contribution in [0.1, 0.15) is 51.0 Å². The molecule has 5 heteroatoms. The molecule has 1 aromatic rings. The Labute approximate surface area is 180 Å². The van der Waals surface area contributed by atoms with E-state index in [9.17, 15) is 4.79 Å². The molecule has 1 saturated heterocycles. The van der Waals surface area contributed by atoms with Gasteiger partial charge in [-0.3, -0.25) is 4.79 Å². The largest absolute Gasteiger partial charge is 1.00 e. The summed E-state index contributed by atoms with van der Waals surface area (Å²) in [6, 6.07) is 7.55. The maximum Gasteiger partial charge on any atom is 0.316 e. The molecule has 1 aliphatic heterocycles. The SMILES string of the molecule is [C-]#[N+]c1ccc(C(C)(C(=O)OC2CC[N+](C)(C)CC2)C2CCCC2)cc1.[I-]. The van der Waals surface area contributed by atoms with Gasteiger partial charge in [-0.05, 0) is 31.2 Å². The Bertz CT molecular complexity index is 679. The van der Waals surface area contributed by atoms with E-state index in [1.807, 2.05) is 24.3 Å². The summed E-state index contributed by atoms with van der Waals surface area (Å²) < 4.78 is 7.07. The molecule has 27 heavy (non-hydrogen) atoms. The van der Waals surface area contributed by atoms with Gasteiger partial charge in [-0.15, -0.1) is 0 Å². The Morgan fingerprint density at radius 1 is 1.11 bits per heavy atom. The lowest BCUT2D eigenvalue weighted by molar-refractivity contribution is -0.896. The highest BCUT2D eigenvalue weighted by molar-refractivity contribution is 5.83. The van der Waals surface area contributed by atoms with Crippen molar-refractivity contribution in [1.29, 1.82) is 0 Å². The van der Waals surface area contributed by atoms with Gasteiger partial charge in [0.25, 0.3) is 0 Å². The molecule has 2 aliphatic rings. The molecule has 0 N–H and O–H groups in total. The lowest BCUT2D eigenvalue weighted by Crippen LogP contribution is -3.00. The van der Waals surface area contributed by atoms with Crippen molar-refractivity contribution in [3.8, 4) is 0 Å². The zero-order chi connectivity index (χ0) is 18.8. The molecule has 0 bridgehead atoms. The van der Waals surface area contributed by atoms with Crippen molar-refractivity contribution in [2.24, 2.45) is 5.92 Å². The van der Waals surface area contributed by atoms with Gasteiger partial charge < -0.3 is 33.2 Å².